The van der Waals surface area contributed by atoms with Gasteiger partial charge in [0.2, 0.25) is 5.91 Å². The van der Waals surface area contributed by atoms with E-state index in [1.165, 1.54) is 28.6 Å². The first-order valence-corrected chi connectivity index (χ1v) is 12.4. The zero-order valence-corrected chi connectivity index (χ0v) is 18.8. The van der Waals surface area contributed by atoms with Crippen molar-refractivity contribution in [3.63, 3.8) is 0 Å². The van der Waals surface area contributed by atoms with Crippen LogP contribution in [-0.4, -0.2) is 21.2 Å². The molecule has 10 heteroatoms. The lowest BCUT2D eigenvalue weighted by atomic mass is 9.97. The van der Waals surface area contributed by atoms with Crippen molar-refractivity contribution < 1.29 is 4.79 Å². The fraction of sp³-hybridized carbons (Fsp3) is 0.350. The molecule has 0 fully saturated rings. The Labute approximate surface area is 184 Å². The number of benzene rings is 1. The lowest BCUT2D eigenvalue weighted by Gasteiger charge is -2.12. The van der Waals surface area contributed by atoms with Crippen molar-refractivity contribution in [2.24, 2.45) is 8.73 Å². The molecule has 2 aliphatic rings. The van der Waals surface area contributed by atoms with Gasteiger partial charge in [0.15, 0.2) is 5.16 Å². The fourth-order valence-corrected chi connectivity index (χ4v) is 6.55. The quantitative estimate of drug-likeness (QED) is 0.344. The number of thiophene rings is 1. The van der Waals surface area contributed by atoms with Crippen LogP contribution in [0, 0.1) is 0 Å². The first-order chi connectivity index (χ1) is 14.7. The maximum Gasteiger partial charge on any atom is 0.263 e. The number of hydrogen-bond donors (Lipinski definition) is 1. The van der Waals surface area contributed by atoms with E-state index in [-0.39, 0.29) is 17.2 Å². The number of thioether (sulfide) groups is 1. The van der Waals surface area contributed by atoms with E-state index in [0.29, 0.717) is 23.1 Å². The van der Waals surface area contributed by atoms with Crippen molar-refractivity contribution in [1.29, 1.82) is 0 Å². The van der Waals surface area contributed by atoms with Crippen LogP contribution in [0.25, 0.3) is 10.2 Å². The Bertz CT molecular complexity index is 1300. The Morgan fingerprint density at radius 2 is 2.13 bits per heavy atom. The van der Waals surface area contributed by atoms with Gasteiger partial charge in [-0.25, -0.2) is 4.98 Å². The predicted molar refractivity (Wildman–Crippen MR) is 124 cm³/mol. The van der Waals surface area contributed by atoms with Crippen molar-refractivity contribution in [2.45, 2.75) is 44.3 Å². The number of amides is 1. The summed E-state index contributed by atoms with van der Waals surface area (Å²) in [6.07, 6.45) is 4.29. The Kier molecular flexibility index (Phi) is 5.30. The molecule has 1 N–H and O–H groups in total. The van der Waals surface area contributed by atoms with Crippen LogP contribution in [0.1, 0.15) is 30.2 Å². The molecule has 3 heterocycles. The largest absolute Gasteiger partial charge is 0.323 e. The average Bonchev–Trinajstić information content (AvgIpc) is 3.37. The van der Waals surface area contributed by atoms with Gasteiger partial charge in [0.25, 0.3) is 5.56 Å². The molecule has 0 atom stereocenters. The van der Waals surface area contributed by atoms with Crippen molar-refractivity contribution in [1.82, 2.24) is 9.55 Å². The van der Waals surface area contributed by atoms with Crippen LogP contribution >= 0.6 is 23.1 Å². The van der Waals surface area contributed by atoms with E-state index in [1.807, 2.05) is 25.1 Å². The van der Waals surface area contributed by atoms with Gasteiger partial charge in [0.05, 0.1) is 28.2 Å². The van der Waals surface area contributed by atoms with E-state index in [2.05, 4.69) is 14.0 Å². The molecule has 0 spiro atoms. The molecule has 1 amide bonds. The van der Waals surface area contributed by atoms with Crippen LogP contribution in [0.2, 0.25) is 0 Å². The molecule has 5 rings (SSSR count). The third-order valence-electron chi connectivity index (χ3n) is 5.25. The van der Waals surface area contributed by atoms with Crippen molar-refractivity contribution in [3.05, 3.63) is 39.0 Å². The normalized spacial score (nSPS) is 14.4. The molecule has 154 valence electrons. The molecule has 2 aromatic heterocycles. The van der Waals surface area contributed by atoms with Crippen LogP contribution in [0.4, 0.5) is 17.1 Å². The van der Waals surface area contributed by atoms with Crippen molar-refractivity contribution in [3.8, 4) is 0 Å². The molecule has 0 saturated carbocycles. The first kappa shape index (κ1) is 19.7. The predicted octanol–water partition coefficient (Wildman–Crippen LogP) is 4.81. The maximum absolute atomic E-state index is 13.2. The van der Waals surface area contributed by atoms with E-state index < -0.39 is 0 Å². The van der Waals surface area contributed by atoms with Gasteiger partial charge < -0.3 is 5.32 Å². The molecule has 1 aromatic carbocycles. The highest BCUT2D eigenvalue weighted by atomic mass is 32.2. The lowest BCUT2D eigenvalue weighted by Crippen LogP contribution is -2.24. The van der Waals surface area contributed by atoms with E-state index in [0.717, 1.165) is 46.5 Å². The van der Waals surface area contributed by atoms with Crippen molar-refractivity contribution >= 4 is 67.6 Å². The molecule has 0 unspecified atom stereocenters. The fourth-order valence-electron chi connectivity index (χ4n) is 3.83. The number of aromatic nitrogens is 2. The second-order valence-electron chi connectivity index (χ2n) is 7.11. The van der Waals surface area contributed by atoms with Crippen LogP contribution < -0.4 is 10.9 Å². The number of nitrogens with one attached hydrogen (secondary N) is 1. The summed E-state index contributed by atoms with van der Waals surface area (Å²) in [4.78, 5) is 32.6. The molecule has 30 heavy (non-hydrogen) atoms. The van der Waals surface area contributed by atoms with Gasteiger partial charge in [-0.2, -0.15) is 8.73 Å². The van der Waals surface area contributed by atoms with Gasteiger partial charge in [0.1, 0.15) is 16.2 Å². The average molecular weight is 458 g/mol. The third-order valence-corrected chi connectivity index (χ3v) is 7.95. The number of carbonyl (C=O) groups excluding carboxylic acids is 1. The molecule has 0 bridgehead atoms. The maximum atomic E-state index is 13.2. The molecular formula is C20H19N5O2S3. The van der Waals surface area contributed by atoms with Crippen LogP contribution in [0.15, 0.2) is 36.9 Å². The summed E-state index contributed by atoms with van der Waals surface area (Å²) in [5.41, 5.74) is 3.31. The van der Waals surface area contributed by atoms with E-state index in [4.69, 9.17) is 4.98 Å². The highest BCUT2D eigenvalue weighted by Gasteiger charge is 2.22. The van der Waals surface area contributed by atoms with Crippen molar-refractivity contribution in [2.75, 3.05) is 11.1 Å². The van der Waals surface area contributed by atoms with Gasteiger partial charge in [-0.3, -0.25) is 14.2 Å². The molecule has 1 aliphatic carbocycles. The number of hydrogen-bond acceptors (Lipinski definition) is 7. The van der Waals surface area contributed by atoms with Gasteiger partial charge in [-0.15, -0.1) is 11.3 Å². The van der Waals surface area contributed by atoms with Crippen LogP contribution in [-0.2, 0) is 35.5 Å². The summed E-state index contributed by atoms with van der Waals surface area (Å²) in [6, 6.07) is 5.52. The Hall–Kier alpha value is -2.30. The minimum Gasteiger partial charge on any atom is -0.323 e. The summed E-state index contributed by atoms with van der Waals surface area (Å²) < 4.78 is 10.1. The smallest absolute Gasteiger partial charge is 0.263 e. The SMILES string of the molecule is CCn1c(SCC(=O)Nc2cccc3c2N=S=N3)nc2sc3c(c2c1=O)CCCC3. The van der Waals surface area contributed by atoms with Gasteiger partial charge in [-0.05, 0) is 50.3 Å². The molecule has 0 saturated heterocycles. The van der Waals surface area contributed by atoms with E-state index in [1.54, 1.807) is 15.9 Å². The molecule has 3 aromatic rings. The Morgan fingerprint density at radius 3 is 3.00 bits per heavy atom. The summed E-state index contributed by atoms with van der Waals surface area (Å²) in [5.74, 6) is -0.000234. The highest BCUT2D eigenvalue weighted by molar-refractivity contribution is 7.99. The summed E-state index contributed by atoms with van der Waals surface area (Å²) in [6.45, 7) is 2.47. The lowest BCUT2D eigenvalue weighted by molar-refractivity contribution is -0.113. The second-order valence-corrected chi connectivity index (χ2v) is 9.66. The topological polar surface area (TPSA) is 88.7 Å². The van der Waals surface area contributed by atoms with Gasteiger partial charge >= 0.3 is 0 Å². The summed E-state index contributed by atoms with van der Waals surface area (Å²) in [7, 11) is 0. The summed E-state index contributed by atoms with van der Waals surface area (Å²) in [5, 5.41) is 4.28. The number of fused-ring (bicyclic) bond motifs is 4. The van der Waals surface area contributed by atoms with Gasteiger partial charge in [-0.1, -0.05) is 17.8 Å². The second kappa shape index (κ2) is 8.09. The number of rotatable bonds is 5. The van der Waals surface area contributed by atoms with E-state index in [9.17, 15) is 9.59 Å². The Balaban J connectivity index is 1.39. The highest BCUT2D eigenvalue weighted by Crippen LogP contribution is 2.38. The van der Waals surface area contributed by atoms with Crippen LogP contribution in [0.3, 0.4) is 0 Å². The van der Waals surface area contributed by atoms with Crippen LogP contribution in [0.5, 0.6) is 0 Å². The minimum atomic E-state index is -0.164. The molecule has 1 aliphatic heterocycles. The monoisotopic (exact) mass is 457 g/mol. The molecule has 0 radical (unpaired) electrons. The zero-order valence-electron chi connectivity index (χ0n) is 16.3. The summed E-state index contributed by atoms with van der Waals surface area (Å²) >= 11 is 4.05. The Morgan fingerprint density at radius 1 is 1.27 bits per heavy atom. The minimum absolute atomic E-state index is 0.0168. The van der Waals surface area contributed by atoms with Gasteiger partial charge in [0, 0.05) is 11.4 Å². The van der Waals surface area contributed by atoms with E-state index >= 15 is 0 Å². The standard InChI is InChI=1S/C20H19N5O2S3/c1-2-25-19(27)16-11-6-3-4-9-14(11)29-18(16)22-20(25)28-10-15(26)21-12-7-5-8-13-17(12)24-30-23-13/h5,7-8H,2-4,6,9-10H2,1H3,(H,21,26). The number of aryl methyl sites for hydroxylation is 2. The molecule has 7 nitrogen and oxygen atoms in total. The first-order valence-electron chi connectivity index (χ1n) is 9.84. The zero-order chi connectivity index (χ0) is 20.7. The molecular weight excluding hydrogens is 438 g/mol. The number of carbonyl (C=O) groups is 1. The number of nitrogens with zero attached hydrogens (tertiary/aromatic N) is 4. The third kappa shape index (κ3) is 3.42. The number of anilines is 1.